The Kier molecular flexibility index (Phi) is 8.08. The maximum Gasteiger partial charge on any atom is 0.339 e. The molecule has 0 aliphatic carbocycles. The zero-order chi connectivity index (χ0) is 23.9. The van der Waals surface area contributed by atoms with Crippen LogP contribution in [0.25, 0.3) is 0 Å². The highest BCUT2D eigenvalue weighted by Crippen LogP contribution is 2.27. The van der Waals surface area contributed by atoms with Gasteiger partial charge in [-0.15, -0.1) is 23.1 Å². The molecular weight excluding hydrogens is 470 g/mol. The Morgan fingerprint density at radius 2 is 1.79 bits per heavy atom. The van der Waals surface area contributed by atoms with Crippen molar-refractivity contribution in [1.82, 2.24) is 9.88 Å². The number of carbonyl (C=O) groups excluding carboxylic acids is 2. The fourth-order valence-corrected chi connectivity index (χ4v) is 5.34. The maximum absolute atomic E-state index is 12.7. The van der Waals surface area contributed by atoms with E-state index in [1.165, 1.54) is 11.8 Å². The molecule has 0 radical (unpaired) electrons. The molecule has 2 heterocycles. The third-order valence-corrected chi connectivity index (χ3v) is 7.48. The topological polar surface area (TPSA) is 72.0 Å². The quantitative estimate of drug-likeness (QED) is 0.340. The van der Waals surface area contributed by atoms with E-state index in [0.29, 0.717) is 24.4 Å². The molecule has 1 aliphatic heterocycles. The molecule has 0 bridgehead atoms. The van der Waals surface area contributed by atoms with Crippen molar-refractivity contribution in [2.24, 2.45) is 0 Å². The fourth-order valence-electron chi connectivity index (χ4n) is 3.69. The first kappa shape index (κ1) is 24.1. The first-order valence-electron chi connectivity index (χ1n) is 11.0. The third kappa shape index (κ3) is 6.09. The lowest BCUT2D eigenvalue weighted by Crippen LogP contribution is -2.49. The second-order valence-corrected chi connectivity index (χ2v) is 9.86. The molecule has 2 aromatic carbocycles. The van der Waals surface area contributed by atoms with E-state index in [2.05, 4.69) is 9.88 Å². The minimum atomic E-state index is -0.484. The zero-order valence-electron chi connectivity index (χ0n) is 19.2. The molecule has 0 atom stereocenters. The smallest absolute Gasteiger partial charge is 0.339 e. The second kappa shape index (κ2) is 11.4. The molecule has 1 aromatic heterocycles. The summed E-state index contributed by atoms with van der Waals surface area (Å²) in [5, 5.41) is 3.04. The summed E-state index contributed by atoms with van der Waals surface area (Å²) in [6.45, 7) is 4.33. The van der Waals surface area contributed by atoms with E-state index in [4.69, 9.17) is 9.47 Å². The van der Waals surface area contributed by atoms with Crippen molar-refractivity contribution in [3.05, 3.63) is 70.2 Å². The summed E-state index contributed by atoms with van der Waals surface area (Å²) in [6.07, 6.45) is 0. The van der Waals surface area contributed by atoms with Gasteiger partial charge in [-0.25, -0.2) is 9.78 Å². The van der Waals surface area contributed by atoms with Gasteiger partial charge in [-0.2, -0.15) is 0 Å². The van der Waals surface area contributed by atoms with E-state index in [1.807, 2.05) is 48.7 Å². The van der Waals surface area contributed by atoms with Gasteiger partial charge >= 0.3 is 5.97 Å². The van der Waals surface area contributed by atoms with Crippen LogP contribution < -0.4 is 9.64 Å². The zero-order valence-corrected chi connectivity index (χ0v) is 20.9. The summed E-state index contributed by atoms with van der Waals surface area (Å²) in [6, 6.07) is 15.2. The first-order chi connectivity index (χ1) is 16.5. The van der Waals surface area contributed by atoms with Gasteiger partial charge in [0.1, 0.15) is 5.75 Å². The van der Waals surface area contributed by atoms with Crippen LogP contribution in [0.4, 0.5) is 5.69 Å². The number of carbonyl (C=O) groups is 2. The van der Waals surface area contributed by atoms with Crippen LogP contribution in [0.2, 0.25) is 0 Å². The first-order valence-corrected chi connectivity index (χ1v) is 12.9. The predicted octanol–water partition coefficient (Wildman–Crippen LogP) is 4.26. The predicted molar refractivity (Wildman–Crippen MR) is 135 cm³/mol. The number of benzene rings is 2. The highest BCUT2D eigenvalue weighted by molar-refractivity contribution is 7.98. The average molecular weight is 498 g/mol. The van der Waals surface area contributed by atoms with Crippen LogP contribution in [0.3, 0.4) is 0 Å². The number of nitrogens with zero attached hydrogens (tertiary/aromatic N) is 3. The SMILES string of the molecule is COc1ccc(N2CCN(C(=O)COC(=O)c3ccccc3SCc3csc(C)n3)CC2)cc1. The Morgan fingerprint density at radius 3 is 2.47 bits per heavy atom. The van der Waals surface area contributed by atoms with Crippen molar-refractivity contribution in [2.75, 3.05) is 44.8 Å². The Bertz CT molecular complexity index is 1130. The molecule has 1 amide bonds. The van der Waals surface area contributed by atoms with Crippen molar-refractivity contribution in [3.63, 3.8) is 0 Å². The molecule has 0 saturated carbocycles. The maximum atomic E-state index is 12.7. The lowest BCUT2D eigenvalue weighted by atomic mass is 10.2. The molecule has 4 rings (SSSR count). The van der Waals surface area contributed by atoms with E-state index >= 15 is 0 Å². The molecule has 178 valence electrons. The average Bonchev–Trinajstić information content (AvgIpc) is 3.31. The minimum absolute atomic E-state index is 0.175. The van der Waals surface area contributed by atoms with E-state index in [1.54, 1.807) is 35.5 Å². The minimum Gasteiger partial charge on any atom is -0.497 e. The summed E-state index contributed by atoms with van der Waals surface area (Å²) in [5.41, 5.74) is 2.55. The number of ether oxygens (including phenoxy) is 2. The largest absolute Gasteiger partial charge is 0.497 e. The van der Waals surface area contributed by atoms with E-state index in [0.717, 1.165) is 40.1 Å². The third-order valence-electron chi connectivity index (χ3n) is 5.55. The Labute approximate surface area is 207 Å². The summed E-state index contributed by atoms with van der Waals surface area (Å²) in [7, 11) is 1.65. The molecule has 1 fully saturated rings. The number of rotatable bonds is 8. The summed E-state index contributed by atoms with van der Waals surface area (Å²) in [4.78, 5) is 34.6. The van der Waals surface area contributed by atoms with Gasteiger partial charge in [0.05, 0.1) is 23.4 Å². The number of amides is 1. The monoisotopic (exact) mass is 497 g/mol. The Balaban J connectivity index is 1.27. The Hall–Kier alpha value is -3.04. The number of thiazole rings is 1. The number of methoxy groups -OCH3 is 1. The number of esters is 1. The van der Waals surface area contributed by atoms with Gasteiger partial charge in [0.25, 0.3) is 5.91 Å². The van der Waals surface area contributed by atoms with E-state index in [-0.39, 0.29) is 12.5 Å². The van der Waals surface area contributed by atoms with Crippen LogP contribution in [-0.2, 0) is 15.3 Å². The van der Waals surface area contributed by atoms with Gasteiger partial charge in [-0.3, -0.25) is 4.79 Å². The molecule has 3 aromatic rings. The van der Waals surface area contributed by atoms with Gasteiger partial charge in [0, 0.05) is 47.9 Å². The van der Waals surface area contributed by atoms with Crippen molar-refractivity contribution >= 4 is 40.7 Å². The van der Waals surface area contributed by atoms with Crippen LogP contribution in [0, 0.1) is 6.92 Å². The van der Waals surface area contributed by atoms with Crippen LogP contribution in [0.5, 0.6) is 5.75 Å². The molecule has 9 heteroatoms. The standard InChI is InChI=1S/C25H27N3O4S2/c1-18-26-19(16-33-18)17-34-23-6-4-3-5-22(23)25(30)32-15-24(29)28-13-11-27(12-14-28)20-7-9-21(31-2)10-8-20/h3-10,16H,11-15,17H2,1-2H3. The Morgan fingerprint density at radius 1 is 1.06 bits per heavy atom. The van der Waals surface area contributed by atoms with E-state index < -0.39 is 5.97 Å². The van der Waals surface area contributed by atoms with Crippen LogP contribution in [0.15, 0.2) is 58.8 Å². The highest BCUT2D eigenvalue weighted by atomic mass is 32.2. The van der Waals surface area contributed by atoms with E-state index in [9.17, 15) is 9.59 Å². The highest BCUT2D eigenvalue weighted by Gasteiger charge is 2.23. The van der Waals surface area contributed by atoms with Gasteiger partial charge in [0.2, 0.25) is 0 Å². The number of hydrogen-bond acceptors (Lipinski definition) is 8. The molecular formula is C25H27N3O4S2. The van der Waals surface area contributed by atoms with Gasteiger partial charge in [-0.05, 0) is 43.3 Å². The number of hydrogen-bond donors (Lipinski definition) is 0. The molecule has 7 nitrogen and oxygen atoms in total. The van der Waals surface area contributed by atoms with Crippen molar-refractivity contribution in [1.29, 1.82) is 0 Å². The van der Waals surface area contributed by atoms with Crippen molar-refractivity contribution < 1.29 is 19.1 Å². The summed E-state index contributed by atoms with van der Waals surface area (Å²) < 4.78 is 10.6. The van der Waals surface area contributed by atoms with Crippen LogP contribution >= 0.6 is 23.1 Å². The molecule has 34 heavy (non-hydrogen) atoms. The lowest BCUT2D eigenvalue weighted by molar-refractivity contribution is -0.134. The van der Waals surface area contributed by atoms with Crippen LogP contribution in [0.1, 0.15) is 21.1 Å². The molecule has 0 N–H and O–H groups in total. The molecule has 0 spiro atoms. The summed E-state index contributed by atoms with van der Waals surface area (Å²) in [5.74, 6) is 0.831. The number of thioether (sulfide) groups is 1. The van der Waals surface area contributed by atoms with Gasteiger partial charge in [0.15, 0.2) is 6.61 Å². The molecule has 1 saturated heterocycles. The number of aromatic nitrogens is 1. The lowest BCUT2D eigenvalue weighted by Gasteiger charge is -2.36. The fraction of sp³-hybridized carbons (Fsp3) is 0.320. The number of aryl methyl sites for hydroxylation is 1. The second-order valence-electron chi connectivity index (χ2n) is 7.78. The van der Waals surface area contributed by atoms with Crippen LogP contribution in [-0.4, -0.2) is 61.7 Å². The number of piperazine rings is 1. The van der Waals surface area contributed by atoms with Crippen molar-refractivity contribution in [3.8, 4) is 5.75 Å². The van der Waals surface area contributed by atoms with Gasteiger partial charge in [-0.1, -0.05) is 12.1 Å². The van der Waals surface area contributed by atoms with Gasteiger partial charge < -0.3 is 19.3 Å². The van der Waals surface area contributed by atoms with Crippen molar-refractivity contribution in [2.45, 2.75) is 17.6 Å². The molecule has 0 unspecified atom stereocenters. The number of anilines is 1. The normalized spacial score (nSPS) is 13.6. The summed E-state index contributed by atoms with van der Waals surface area (Å²) >= 11 is 3.15. The molecule has 1 aliphatic rings.